The molecule has 0 aromatic carbocycles. The van der Waals surface area contributed by atoms with Crippen molar-refractivity contribution in [1.82, 2.24) is 0 Å². The van der Waals surface area contributed by atoms with Gasteiger partial charge >= 0.3 is 0 Å². The van der Waals surface area contributed by atoms with E-state index < -0.39 is 0 Å². The molecule has 0 radical (unpaired) electrons. The molecule has 0 amide bonds. The number of thioether (sulfide) groups is 1. The molecule has 2 fully saturated rings. The highest BCUT2D eigenvalue weighted by Gasteiger charge is 2.34. The number of rotatable bonds is 0. The first-order valence-corrected chi connectivity index (χ1v) is 4.20. The van der Waals surface area contributed by atoms with Crippen molar-refractivity contribution in [2.75, 3.05) is 11.5 Å². The number of hydrogen-bond acceptors (Lipinski definition) is 1. The third-order valence-corrected chi connectivity index (χ3v) is 3.57. The summed E-state index contributed by atoms with van der Waals surface area (Å²) in [6.45, 7) is 0. The van der Waals surface area contributed by atoms with Crippen LogP contribution in [-0.4, -0.2) is 11.5 Å². The van der Waals surface area contributed by atoms with Gasteiger partial charge in [0.1, 0.15) is 0 Å². The zero-order valence-electron chi connectivity index (χ0n) is 4.39. The zero-order valence-corrected chi connectivity index (χ0v) is 5.21. The topological polar surface area (TPSA) is 0 Å². The quantitative estimate of drug-likeness (QED) is 0.462. The van der Waals surface area contributed by atoms with Crippen LogP contribution in [-0.2, 0) is 0 Å². The van der Waals surface area contributed by atoms with Crippen molar-refractivity contribution in [1.29, 1.82) is 0 Å². The molecule has 0 aromatic rings. The summed E-state index contributed by atoms with van der Waals surface area (Å²) in [7, 11) is 0. The molecule has 2 atom stereocenters. The molecule has 0 nitrogen and oxygen atoms in total. The van der Waals surface area contributed by atoms with E-state index in [2.05, 4.69) is 11.8 Å². The molecule has 1 unspecified atom stereocenters. The summed E-state index contributed by atoms with van der Waals surface area (Å²) in [6.07, 6.45) is 3.08. The van der Waals surface area contributed by atoms with Gasteiger partial charge in [-0.1, -0.05) is 0 Å². The van der Waals surface area contributed by atoms with E-state index >= 15 is 0 Å². The van der Waals surface area contributed by atoms with Gasteiger partial charge in [0.15, 0.2) is 0 Å². The van der Waals surface area contributed by atoms with E-state index in [1.54, 1.807) is 0 Å². The molecule has 1 aliphatic carbocycles. The lowest BCUT2D eigenvalue weighted by Crippen LogP contribution is -2.22. The van der Waals surface area contributed by atoms with E-state index in [-0.39, 0.29) is 0 Å². The fourth-order valence-corrected chi connectivity index (χ4v) is 3.07. The first-order chi connectivity index (χ1) is 3.47. The van der Waals surface area contributed by atoms with Crippen LogP contribution in [0.4, 0.5) is 0 Å². The average Bonchev–Trinajstić information content (AvgIpc) is 1.85. The summed E-state index contributed by atoms with van der Waals surface area (Å²) in [4.78, 5) is 0. The van der Waals surface area contributed by atoms with Crippen LogP contribution in [0.2, 0.25) is 0 Å². The van der Waals surface area contributed by atoms with Gasteiger partial charge < -0.3 is 0 Å². The van der Waals surface area contributed by atoms with Gasteiger partial charge in [-0.2, -0.15) is 11.8 Å². The van der Waals surface area contributed by atoms with Crippen molar-refractivity contribution in [3.8, 4) is 0 Å². The Morgan fingerprint density at radius 1 is 1.00 bits per heavy atom. The monoisotopic (exact) mass is 114 g/mol. The maximum Gasteiger partial charge on any atom is -0.00361 e. The minimum Gasteiger partial charge on any atom is -0.161 e. The minimum absolute atomic E-state index is 1.16. The van der Waals surface area contributed by atoms with Gasteiger partial charge in [0, 0.05) is 0 Å². The highest BCUT2D eigenvalue weighted by molar-refractivity contribution is 7.99. The smallest absolute Gasteiger partial charge is 0.00361 e. The zero-order chi connectivity index (χ0) is 4.69. The van der Waals surface area contributed by atoms with Crippen LogP contribution in [0.5, 0.6) is 0 Å². The van der Waals surface area contributed by atoms with Crippen LogP contribution in [0.3, 0.4) is 0 Å². The van der Waals surface area contributed by atoms with Crippen molar-refractivity contribution in [3.63, 3.8) is 0 Å². The Morgan fingerprint density at radius 2 is 1.57 bits per heavy atom. The standard InChI is InChI=1S/C6H10S/c1-2-6-4-7-3-5(1)6/h5-6H,1-4H2/t5-,6?/m0/s1. The molecular formula is C6H10S. The summed E-state index contributed by atoms with van der Waals surface area (Å²) in [5.74, 6) is 5.27. The van der Waals surface area contributed by atoms with Crippen molar-refractivity contribution >= 4 is 11.8 Å². The Kier molecular flexibility index (Phi) is 0.857. The minimum atomic E-state index is 1.16. The lowest BCUT2D eigenvalue weighted by molar-refractivity contribution is 0.243. The largest absolute Gasteiger partial charge is 0.161 e. The Hall–Kier alpha value is 0.350. The van der Waals surface area contributed by atoms with Crippen LogP contribution in [0.15, 0.2) is 0 Å². The Labute approximate surface area is 48.7 Å². The van der Waals surface area contributed by atoms with Crippen LogP contribution < -0.4 is 0 Å². The third-order valence-electron chi connectivity index (χ3n) is 2.24. The Morgan fingerprint density at radius 3 is 1.86 bits per heavy atom. The lowest BCUT2D eigenvalue weighted by atomic mass is 9.77. The molecule has 1 aliphatic heterocycles. The Bertz CT molecular complexity index is 70.2. The predicted octanol–water partition coefficient (Wildman–Crippen LogP) is 1.76. The van der Waals surface area contributed by atoms with Crippen LogP contribution in [0.25, 0.3) is 0 Å². The molecule has 1 saturated carbocycles. The lowest BCUT2D eigenvalue weighted by Gasteiger charge is -2.28. The normalized spacial score (nSPS) is 48.0. The Balaban J connectivity index is 2.03. The second-order valence-corrected chi connectivity index (χ2v) is 3.71. The summed E-state index contributed by atoms with van der Waals surface area (Å²) >= 11 is 2.15. The molecule has 40 valence electrons. The molecule has 7 heavy (non-hydrogen) atoms. The van der Waals surface area contributed by atoms with E-state index in [1.807, 2.05) is 0 Å². The second-order valence-electron chi connectivity index (χ2n) is 2.63. The molecule has 0 aromatic heterocycles. The van der Waals surface area contributed by atoms with Gasteiger partial charge in [0.2, 0.25) is 0 Å². The fourth-order valence-electron chi connectivity index (χ4n) is 1.45. The molecule has 1 heterocycles. The van der Waals surface area contributed by atoms with Gasteiger partial charge in [0.25, 0.3) is 0 Å². The third kappa shape index (κ3) is 0.510. The van der Waals surface area contributed by atoms with E-state index in [9.17, 15) is 0 Å². The molecule has 0 bridgehead atoms. The first kappa shape index (κ1) is 4.25. The van der Waals surface area contributed by atoms with Crippen LogP contribution in [0.1, 0.15) is 12.8 Å². The SMILES string of the molecule is C1C[C@H]2CSCC12. The molecule has 2 rings (SSSR count). The van der Waals surface area contributed by atoms with Gasteiger partial charge in [0.05, 0.1) is 0 Å². The number of fused-ring (bicyclic) bond motifs is 1. The second kappa shape index (κ2) is 1.41. The van der Waals surface area contributed by atoms with Gasteiger partial charge in [-0.15, -0.1) is 0 Å². The van der Waals surface area contributed by atoms with Crippen molar-refractivity contribution in [2.45, 2.75) is 12.8 Å². The van der Waals surface area contributed by atoms with E-state index in [4.69, 9.17) is 0 Å². The first-order valence-electron chi connectivity index (χ1n) is 3.04. The summed E-state index contributed by atoms with van der Waals surface area (Å²) < 4.78 is 0. The van der Waals surface area contributed by atoms with Crippen LogP contribution in [0, 0.1) is 11.8 Å². The summed E-state index contributed by atoms with van der Waals surface area (Å²) in [5.41, 5.74) is 0. The van der Waals surface area contributed by atoms with Gasteiger partial charge in [-0.05, 0) is 36.2 Å². The average molecular weight is 114 g/mol. The summed E-state index contributed by atoms with van der Waals surface area (Å²) in [6, 6.07) is 0. The maximum atomic E-state index is 2.15. The van der Waals surface area contributed by atoms with E-state index in [0.29, 0.717) is 0 Å². The van der Waals surface area contributed by atoms with E-state index in [1.165, 1.54) is 24.3 Å². The van der Waals surface area contributed by atoms with Crippen molar-refractivity contribution in [2.24, 2.45) is 11.8 Å². The van der Waals surface area contributed by atoms with E-state index in [0.717, 1.165) is 11.8 Å². The molecule has 1 saturated heterocycles. The summed E-state index contributed by atoms with van der Waals surface area (Å²) in [5, 5.41) is 0. The molecule has 2 aliphatic rings. The highest BCUT2D eigenvalue weighted by Crippen LogP contribution is 2.44. The van der Waals surface area contributed by atoms with Gasteiger partial charge in [-0.25, -0.2) is 0 Å². The predicted molar refractivity (Wildman–Crippen MR) is 33.5 cm³/mol. The molecular weight excluding hydrogens is 104 g/mol. The highest BCUT2D eigenvalue weighted by atomic mass is 32.2. The van der Waals surface area contributed by atoms with Crippen molar-refractivity contribution < 1.29 is 0 Å². The van der Waals surface area contributed by atoms with Crippen molar-refractivity contribution in [3.05, 3.63) is 0 Å². The fraction of sp³-hybridized carbons (Fsp3) is 1.00. The molecule has 1 heteroatoms. The van der Waals surface area contributed by atoms with Crippen LogP contribution >= 0.6 is 11.8 Å². The molecule has 0 N–H and O–H groups in total. The van der Waals surface area contributed by atoms with Gasteiger partial charge in [-0.3, -0.25) is 0 Å². The maximum absolute atomic E-state index is 2.15. The number of hydrogen-bond donors (Lipinski definition) is 0. The molecule has 0 spiro atoms.